The van der Waals surface area contributed by atoms with Crippen molar-refractivity contribution in [3.8, 4) is 0 Å². The Balaban J connectivity index is 2.96. The Morgan fingerprint density at radius 1 is 1.59 bits per heavy atom. The minimum absolute atomic E-state index is 0.0165. The summed E-state index contributed by atoms with van der Waals surface area (Å²) >= 11 is 0. The molecule has 17 heavy (non-hydrogen) atoms. The van der Waals surface area contributed by atoms with Gasteiger partial charge in [0.15, 0.2) is 0 Å². The second kappa shape index (κ2) is 5.09. The van der Waals surface area contributed by atoms with E-state index in [0.717, 1.165) is 0 Å². The van der Waals surface area contributed by atoms with Crippen molar-refractivity contribution in [3.63, 3.8) is 0 Å². The Hall–Kier alpha value is -1.69. The van der Waals surface area contributed by atoms with Gasteiger partial charge in [-0.05, 0) is 18.0 Å². The van der Waals surface area contributed by atoms with E-state index in [2.05, 4.69) is 4.98 Å². The molecule has 1 aromatic heterocycles. The van der Waals surface area contributed by atoms with E-state index in [1.165, 1.54) is 6.20 Å². The highest BCUT2D eigenvalue weighted by Crippen LogP contribution is 2.27. The van der Waals surface area contributed by atoms with Crippen molar-refractivity contribution in [2.24, 2.45) is 11.1 Å². The molecule has 0 aromatic carbocycles. The summed E-state index contributed by atoms with van der Waals surface area (Å²) in [6, 6.07) is 1.64. The molecule has 94 valence electrons. The molecule has 2 N–H and O–H groups in total. The summed E-state index contributed by atoms with van der Waals surface area (Å²) in [7, 11) is 1.82. The zero-order valence-electron chi connectivity index (χ0n) is 10.4. The molecule has 0 atom stereocenters. The average Bonchev–Trinajstić information content (AvgIpc) is 2.28. The molecule has 1 rings (SSSR count). The Kier molecular flexibility index (Phi) is 4.01. The summed E-state index contributed by atoms with van der Waals surface area (Å²) in [5.74, 6) is 0. The van der Waals surface area contributed by atoms with Crippen LogP contribution in [0.2, 0.25) is 0 Å². The molecule has 6 nitrogen and oxygen atoms in total. The predicted molar refractivity (Wildman–Crippen MR) is 67.0 cm³/mol. The second-order valence-electron chi connectivity index (χ2n) is 4.85. The maximum Gasteiger partial charge on any atom is 0.310 e. The van der Waals surface area contributed by atoms with Gasteiger partial charge in [0.2, 0.25) is 0 Å². The van der Waals surface area contributed by atoms with Crippen LogP contribution in [-0.4, -0.2) is 30.0 Å². The van der Waals surface area contributed by atoms with Gasteiger partial charge in [0.25, 0.3) is 0 Å². The van der Waals surface area contributed by atoms with Crippen LogP contribution in [0.25, 0.3) is 0 Å². The quantitative estimate of drug-likeness (QED) is 0.619. The van der Waals surface area contributed by atoms with Crippen molar-refractivity contribution < 1.29 is 4.92 Å². The van der Waals surface area contributed by atoms with Gasteiger partial charge in [-0.25, -0.2) is 0 Å². The SMILES string of the molecule is CN(CC(C)(C)CN)c1ccncc1[N+](=O)[O-]. The van der Waals surface area contributed by atoms with Gasteiger partial charge < -0.3 is 10.6 Å². The second-order valence-corrected chi connectivity index (χ2v) is 4.85. The van der Waals surface area contributed by atoms with Gasteiger partial charge in [0.1, 0.15) is 11.9 Å². The first-order valence-corrected chi connectivity index (χ1v) is 5.37. The lowest BCUT2D eigenvalue weighted by atomic mass is 9.93. The molecule has 0 aliphatic rings. The molecule has 1 aromatic rings. The first-order valence-electron chi connectivity index (χ1n) is 5.37. The zero-order chi connectivity index (χ0) is 13.1. The largest absolute Gasteiger partial charge is 0.368 e. The van der Waals surface area contributed by atoms with E-state index in [1.54, 1.807) is 12.3 Å². The number of aromatic nitrogens is 1. The third-order valence-corrected chi connectivity index (χ3v) is 2.60. The monoisotopic (exact) mass is 238 g/mol. The van der Waals surface area contributed by atoms with Gasteiger partial charge in [-0.15, -0.1) is 0 Å². The van der Waals surface area contributed by atoms with Crippen LogP contribution < -0.4 is 10.6 Å². The van der Waals surface area contributed by atoms with Crippen molar-refractivity contribution in [1.29, 1.82) is 0 Å². The van der Waals surface area contributed by atoms with Crippen LogP contribution in [0.4, 0.5) is 11.4 Å². The number of anilines is 1. The Bertz CT molecular complexity index is 406. The van der Waals surface area contributed by atoms with Crippen molar-refractivity contribution >= 4 is 11.4 Å². The molecule has 0 aliphatic heterocycles. The van der Waals surface area contributed by atoms with Gasteiger partial charge in [0.05, 0.1) is 4.92 Å². The molecular formula is C11H18N4O2. The van der Waals surface area contributed by atoms with Gasteiger partial charge in [-0.3, -0.25) is 15.1 Å². The van der Waals surface area contributed by atoms with E-state index in [1.807, 2.05) is 25.8 Å². The van der Waals surface area contributed by atoms with Gasteiger partial charge in [-0.1, -0.05) is 13.8 Å². The highest BCUT2D eigenvalue weighted by molar-refractivity contribution is 5.61. The summed E-state index contributed by atoms with van der Waals surface area (Å²) in [6.07, 6.45) is 2.82. The van der Waals surface area contributed by atoms with Gasteiger partial charge in [0, 0.05) is 19.8 Å². The minimum Gasteiger partial charge on any atom is -0.368 e. The molecule has 1 heterocycles. The molecule has 0 saturated carbocycles. The first-order chi connectivity index (χ1) is 7.87. The molecule has 0 saturated heterocycles. The molecule has 0 bridgehead atoms. The maximum absolute atomic E-state index is 10.9. The number of nitro groups is 1. The average molecular weight is 238 g/mol. The van der Waals surface area contributed by atoms with E-state index in [9.17, 15) is 10.1 Å². The number of hydrogen-bond acceptors (Lipinski definition) is 5. The highest BCUT2D eigenvalue weighted by Gasteiger charge is 2.23. The van der Waals surface area contributed by atoms with E-state index in [0.29, 0.717) is 18.8 Å². The van der Waals surface area contributed by atoms with Gasteiger partial charge in [-0.2, -0.15) is 0 Å². The van der Waals surface area contributed by atoms with Crippen LogP contribution in [0.15, 0.2) is 18.5 Å². The van der Waals surface area contributed by atoms with Crippen LogP contribution in [0, 0.1) is 15.5 Å². The molecule has 0 amide bonds. The lowest BCUT2D eigenvalue weighted by Gasteiger charge is -2.30. The molecule has 0 aliphatic carbocycles. The molecule has 0 radical (unpaired) electrons. The van der Waals surface area contributed by atoms with Crippen LogP contribution in [0.3, 0.4) is 0 Å². The fourth-order valence-electron chi connectivity index (χ4n) is 1.63. The minimum atomic E-state index is -0.422. The summed E-state index contributed by atoms with van der Waals surface area (Å²) in [4.78, 5) is 16.1. The first kappa shape index (κ1) is 13.4. The van der Waals surface area contributed by atoms with Crippen molar-refractivity contribution in [1.82, 2.24) is 4.98 Å². The standard InChI is InChI=1S/C11H18N4O2/c1-11(2,7-12)8-14(3)9-4-5-13-6-10(9)15(16)17/h4-6H,7-8,12H2,1-3H3. The number of pyridine rings is 1. The fourth-order valence-corrected chi connectivity index (χ4v) is 1.63. The number of rotatable bonds is 5. The number of hydrogen-bond donors (Lipinski definition) is 1. The summed E-state index contributed by atoms with van der Waals surface area (Å²) < 4.78 is 0. The molecule has 0 unspecified atom stereocenters. The van der Waals surface area contributed by atoms with Crippen LogP contribution in [0.1, 0.15) is 13.8 Å². The molecular weight excluding hydrogens is 220 g/mol. The number of nitrogens with zero attached hydrogens (tertiary/aromatic N) is 3. The van der Waals surface area contributed by atoms with Crippen LogP contribution >= 0.6 is 0 Å². The lowest BCUT2D eigenvalue weighted by Crippen LogP contribution is -2.37. The van der Waals surface area contributed by atoms with E-state index in [4.69, 9.17) is 5.73 Å². The molecule has 0 spiro atoms. The van der Waals surface area contributed by atoms with E-state index < -0.39 is 4.92 Å². The third kappa shape index (κ3) is 3.39. The normalized spacial score (nSPS) is 11.3. The van der Waals surface area contributed by atoms with Crippen LogP contribution in [0.5, 0.6) is 0 Å². The van der Waals surface area contributed by atoms with Crippen molar-refractivity contribution in [2.45, 2.75) is 13.8 Å². The lowest BCUT2D eigenvalue weighted by molar-refractivity contribution is -0.384. The number of nitrogens with two attached hydrogens (primary N) is 1. The van der Waals surface area contributed by atoms with E-state index in [-0.39, 0.29) is 11.1 Å². The molecule has 0 fully saturated rings. The Morgan fingerprint density at radius 3 is 2.76 bits per heavy atom. The third-order valence-electron chi connectivity index (χ3n) is 2.60. The fraction of sp³-hybridized carbons (Fsp3) is 0.545. The van der Waals surface area contributed by atoms with Crippen LogP contribution in [-0.2, 0) is 0 Å². The summed E-state index contributed by atoms with van der Waals surface area (Å²) in [5, 5.41) is 10.9. The zero-order valence-corrected chi connectivity index (χ0v) is 10.4. The Labute approximate surface area is 101 Å². The Morgan fingerprint density at radius 2 is 2.24 bits per heavy atom. The summed E-state index contributed by atoms with van der Waals surface area (Å²) in [6.45, 7) is 5.22. The van der Waals surface area contributed by atoms with Crippen molar-refractivity contribution in [3.05, 3.63) is 28.6 Å². The topological polar surface area (TPSA) is 85.3 Å². The molecule has 6 heteroatoms. The predicted octanol–water partition coefficient (Wildman–Crippen LogP) is 1.41. The van der Waals surface area contributed by atoms with Crippen molar-refractivity contribution in [2.75, 3.05) is 25.0 Å². The van der Waals surface area contributed by atoms with Gasteiger partial charge >= 0.3 is 5.69 Å². The summed E-state index contributed by atoms with van der Waals surface area (Å²) in [5.41, 5.74) is 6.14. The van der Waals surface area contributed by atoms with E-state index >= 15 is 0 Å². The highest BCUT2D eigenvalue weighted by atomic mass is 16.6. The smallest absolute Gasteiger partial charge is 0.310 e. The maximum atomic E-state index is 10.9.